The molecule has 0 aliphatic carbocycles. The maximum atomic E-state index is 12.5. The van der Waals surface area contributed by atoms with Gasteiger partial charge in [-0.05, 0) is 37.4 Å². The summed E-state index contributed by atoms with van der Waals surface area (Å²) < 4.78 is 0.662. The Bertz CT molecular complexity index is 570. The summed E-state index contributed by atoms with van der Waals surface area (Å²) in [6.07, 6.45) is 0. The van der Waals surface area contributed by atoms with Crippen LogP contribution in [0.3, 0.4) is 0 Å². The number of hydrogen-bond acceptors (Lipinski definition) is 1. The molecule has 90 valence electrons. The van der Waals surface area contributed by atoms with E-state index in [-0.39, 0.29) is 5.78 Å². The maximum Gasteiger partial charge on any atom is 0.195 e. The molecule has 0 saturated carbocycles. The minimum Gasteiger partial charge on any atom is -0.289 e. The molecule has 0 atom stereocenters. The quantitative estimate of drug-likeness (QED) is 0.550. The Morgan fingerprint density at radius 3 is 1.61 bits per heavy atom. The van der Waals surface area contributed by atoms with E-state index in [0.29, 0.717) is 14.5 Å². The average Bonchev–Trinajstić information content (AvgIpc) is 2.40. The molecule has 0 aliphatic heterocycles. The van der Waals surface area contributed by atoms with Crippen molar-refractivity contribution in [3.8, 4) is 0 Å². The molecule has 2 aromatic rings. The normalized spacial score (nSPS) is 9.89. The molecular weight excluding hydrogens is 356 g/mol. The van der Waals surface area contributed by atoms with E-state index in [4.69, 9.17) is 0 Å². The third kappa shape index (κ3) is 2.98. The van der Waals surface area contributed by atoms with Gasteiger partial charge in [0, 0.05) is 5.56 Å². The first-order chi connectivity index (χ1) is 8.70. The summed E-state index contributed by atoms with van der Waals surface area (Å²) >= 11 is 6.70. The first-order valence-electron chi connectivity index (χ1n) is 5.40. The molecule has 0 unspecified atom stereocenters. The van der Waals surface area contributed by atoms with Crippen LogP contribution in [0.4, 0.5) is 0 Å². The van der Waals surface area contributed by atoms with Gasteiger partial charge in [-0.2, -0.15) is 0 Å². The highest BCUT2D eigenvalue weighted by atomic mass is 79.9. The Kier molecular flexibility index (Phi) is 4.50. The fourth-order valence-corrected chi connectivity index (χ4v) is 2.48. The van der Waals surface area contributed by atoms with Gasteiger partial charge in [0.05, 0.1) is 8.96 Å². The highest BCUT2D eigenvalue weighted by Gasteiger charge is 2.16. The van der Waals surface area contributed by atoms with Gasteiger partial charge in [-0.1, -0.05) is 60.7 Å². The van der Waals surface area contributed by atoms with Crippen molar-refractivity contribution >= 4 is 43.2 Å². The standard InChI is InChI=1S/C15H10Br2O/c16-15(17)13(11-7-3-1-4-8-11)14(18)12-9-5-2-6-10-12/h1-10H. The van der Waals surface area contributed by atoms with Gasteiger partial charge >= 0.3 is 0 Å². The zero-order valence-electron chi connectivity index (χ0n) is 9.44. The van der Waals surface area contributed by atoms with Gasteiger partial charge in [0.2, 0.25) is 0 Å². The van der Waals surface area contributed by atoms with E-state index < -0.39 is 0 Å². The molecule has 0 N–H and O–H groups in total. The number of hydrogen-bond donors (Lipinski definition) is 0. The zero-order chi connectivity index (χ0) is 13.0. The van der Waals surface area contributed by atoms with E-state index in [1.165, 1.54) is 0 Å². The van der Waals surface area contributed by atoms with Crippen LogP contribution in [0, 0.1) is 0 Å². The molecule has 18 heavy (non-hydrogen) atoms. The van der Waals surface area contributed by atoms with Crippen LogP contribution in [-0.4, -0.2) is 5.78 Å². The third-order valence-electron chi connectivity index (χ3n) is 2.51. The second-order valence-electron chi connectivity index (χ2n) is 3.70. The lowest BCUT2D eigenvalue weighted by molar-refractivity contribution is 0.105. The number of carbonyl (C=O) groups excluding carboxylic acids is 1. The molecule has 0 heterocycles. The lowest BCUT2D eigenvalue weighted by Gasteiger charge is -2.07. The van der Waals surface area contributed by atoms with Crippen molar-refractivity contribution in [1.82, 2.24) is 0 Å². The van der Waals surface area contributed by atoms with E-state index in [0.717, 1.165) is 5.56 Å². The van der Waals surface area contributed by atoms with Gasteiger partial charge in [0.25, 0.3) is 0 Å². The zero-order valence-corrected chi connectivity index (χ0v) is 12.6. The highest BCUT2D eigenvalue weighted by Crippen LogP contribution is 2.30. The molecule has 2 aromatic carbocycles. The predicted molar refractivity (Wildman–Crippen MR) is 82.0 cm³/mol. The first kappa shape index (κ1) is 13.2. The maximum absolute atomic E-state index is 12.5. The second kappa shape index (κ2) is 6.12. The molecule has 3 heteroatoms. The average molecular weight is 366 g/mol. The number of carbonyl (C=O) groups is 1. The van der Waals surface area contributed by atoms with Crippen molar-refractivity contribution < 1.29 is 4.79 Å². The second-order valence-corrected chi connectivity index (χ2v) is 6.35. The lowest BCUT2D eigenvalue weighted by Crippen LogP contribution is -2.03. The number of allylic oxidation sites excluding steroid dienone is 1. The summed E-state index contributed by atoms with van der Waals surface area (Å²) in [7, 11) is 0. The van der Waals surface area contributed by atoms with E-state index in [1.54, 1.807) is 0 Å². The Balaban J connectivity index is 2.47. The van der Waals surface area contributed by atoms with E-state index >= 15 is 0 Å². The van der Waals surface area contributed by atoms with Gasteiger partial charge < -0.3 is 0 Å². The largest absolute Gasteiger partial charge is 0.289 e. The number of rotatable bonds is 3. The monoisotopic (exact) mass is 364 g/mol. The summed E-state index contributed by atoms with van der Waals surface area (Å²) in [4.78, 5) is 12.5. The van der Waals surface area contributed by atoms with Gasteiger partial charge in [-0.25, -0.2) is 0 Å². The molecule has 0 aliphatic rings. The minimum absolute atomic E-state index is 0.00875. The first-order valence-corrected chi connectivity index (χ1v) is 6.99. The lowest BCUT2D eigenvalue weighted by atomic mass is 9.98. The van der Waals surface area contributed by atoms with Gasteiger partial charge in [0.1, 0.15) is 0 Å². The molecule has 0 spiro atoms. The van der Waals surface area contributed by atoms with Crippen LogP contribution in [0.25, 0.3) is 5.57 Å². The van der Waals surface area contributed by atoms with E-state index in [2.05, 4.69) is 31.9 Å². The van der Waals surface area contributed by atoms with Crippen LogP contribution in [0.5, 0.6) is 0 Å². The van der Waals surface area contributed by atoms with Crippen LogP contribution in [0.15, 0.2) is 64.1 Å². The fourth-order valence-electron chi connectivity index (χ4n) is 1.66. The molecule has 0 bridgehead atoms. The third-order valence-corrected chi connectivity index (χ3v) is 3.31. The van der Waals surface area contributed by atoms with Crippen molar-refractivity contribution in [2.75, 3.05) is 0 Å². The molecule has 0 saturated heterocycles. The van der Waals surface area contributed by atoms with Crippen molar-refractivity contribution in [1.29, 1.82) is 0 Å². The van der Waals surface area contributed by atoms with Crippen molar-refractivity contribution in [3.05, 3.63) is 75.2 Å². The topological polar surface area (TPSA) is 17.1 Å². The van der Waals surface area contributed by atoms with Crippen LogP contribution in [0.1, 0.15) is 15.9 Å². The van der Waals surface area contributed by atoms with Gasteiger partial charge in [0.15, 0.2) is 5.78 Å². The SMILES string of the molecule is O=C(C(=C(Br)Br)c1ccccc1)c1ccccc1. The predicted octanol–water partition coefficient (Wildman–Crippen LogP) is 5.03. The number of halogens is 2. The van der Waals surface area contributed by atoms with Crippen LogP contribution in [0.2, 0.25) is 0 Å². The summed E-state index contributed by atoms with van der Waals surface area (Å²) in [6.45, 7) is 0. The van der Waals surface area contributed by atoms with Crippen molar-refractivity contribution in [2.45, 2.75) is 0 Å². The molecule has 0 amide bonds. The number of ketones is 1. The molecule has 2 rings (SSSR count). The van der Waals surface area contributed by atoms with Crippen LogP contribution in [-0.2, 0) is 0 Å². The molecule has 0 fully saturated rings. The molecule has 0 radical (unpaired) electrons. The van der Waals surface area contributed by atoms with Crippen LogP contribution < -0.4 is 0 Å². The Hall–Kier alpha value is -1.19. The van der Waals surface area contributed by atoms with Gasteiger partial charge in [-0.15, -0.1) is 0 Å². The summed E-state index contributed by atoms with van der Waals surface area (Å²) in [5.74, 6) is -0.00875. The fraction of sp³-hybridized carbons (Fsp3) is 0. The minimum atomic E-state index is -0.00875. The smallest absolute Gasteiger partial charge is 0.195 e. The van der Waals surface area contributed by atoms with Crippen LogP contribution >= 0.6 is 31.9 Å². The van der Waals surface area contributed by atoms with Crippen molar-refractivity contribution in [2.24, 2.45) is 0 Å². The van der Waals surface area contributed by atoms with Crippen molar-refractivity contribution in [3.63, 3.8) is 0 Å². The van der Waals surface area contributed by atoms with Gasteiger partial charge in [-0.3, -0.25) is 4.79 Å². The number of Topliss-reactive ketones (excluding diaryl/α,β-unsaturated/α-hetero) is 1. The Morgan fingerprint density at radius 1 is 0.722 bits per heavy atom. The Morgan fingerprint density at radius 2 is 1.17 bits per heavy atom. The molecular formula is C15H10Br2O. The molecule has 0 aromatic heterocycles. The van der Waals surface area contributed by atoms with E-state index in [9.17, 15) is 4.79 Å². The summed E-state index contributed by atoms with van der Waals surface area (Å²) in [6, 6.07) is 18.8. The highest BCUT2D eigenvalue weighted by molar-refractivity contribution is 9.28. The summed E-state index contributed by atoms with van der Waals surface area (Å²) in [5, 5.41) is 0. The Labute approximate surface area is 123 Å². The number of benzene rings is 2. The summed E-state index contributed by atoms with van der Waals surface area (Å²) in [5.41, 5.74) is 2.18. The van der Waals surface area contributed by atoms with E-state index in [1.807, 2.05) is 60.7 Å². The molecule has 1 nitrogen and oxygen atoms in total.